The second-order valence-corrected chi connectivity index (χ2v) is 9.69. The van der Waals surface area contributed by atoms with Crippen LogP contribution >= 0.6 is 11.8 Å². The Bertz CT molecular complexity index is 1210. The summed E-state index contributed by atoms with van der Waals surface area (Å²) in [4.78, 5) is 13.5. The van der Waals surface area contributed by atoms with E-state index in [1.54, 1.807) is 24.3 Å². The summed E-state index contributed by atoms with van der Waals surface area (Å²) in [7, 11) is -3.59. The minimum Gasteiger partial charge on any atom is -0.291 e. The van der Waals surface area contributed by atoms with E-state index in [-0.39, 0.29) is 18.0 Å². The Morgan fingerprint density at radius 3 is 2.48 bits per heavy atom. The van der Waals surface area contributed by atoms with Crippen molar-refractivity contribution in [3.8, 4) is 6.07 Å². The molecule has 3 aromatic rings. The van der Waals surface area contributed by atoms with Gasteiger partial charge in [-0.05, 0) is 11.6 Å². The lowest BCUT2D eigenvalue weighted by Gasteiger charge is -2.29. The Balaban J connectivity index is 1.94. The molecule has 0 amide bonds. The van der Waals surface area contributed by atoms with Gasteiger partial charge in [0.15, 0.2) is 10.5 Å². The lowest BCUT2D eigenvalue weighted by atomic mass is 9.89. The van der Waals surface area contributed by atoms with Crippen molar-refractivity contribution < 1.29 is 13.2 Å². The van der Waals surface area contributed by atoms with Crippen molar-refractivity contribution in [3.05, 3.63) is 71.4 Å². The predicted molar refractivity (Wildman–Crippen MR) is 106 cm³/mol. The summed E-state index contributed by atoms with van der Waals surface area (Å²) in [5.41, 5.74) is 2.18. The summed E-state index contributed by atoms with van der Waals surface area (Å²) in [6.07, 6.45) is 1.41. The van der Waals surface area contributed by atoms with Gasteiger partial charge in [-0.3, -0.25) is 4.79 Å². The summed E-state index contributed by atoms with van der Waals surface area (Å²) in [6, 6.07) is 18.6. The number of para-hydroxylation sites is 1. The van der Waals surface area contributed by atoms with Gasteiger partial charge in [0.25, 0.3) is 0 Å². The van der Waals surface area contributed by atoms with Crippen molar-refractivity contribution in [2.75, 3.05) is 6.26 Å². The third kappa shape index (κ3) is 2.76. The minimum absolute atomic E-state index is 0.281. The highest BCUT2D eigenvalue weighted by atomic mass is 32.2. The quantitative estimate of drug-likeness (QED) is 0.678. The Hall–Kier alpha value is -2.56. The van der Waals surface area contributed by atoms with Crippen molar-refractivity contribution in [2.24, 2.45) is 0 Å². The maximum absolute atomic E-state index is 13.5. The van der Waals surface area contributed by atoms with E-state index in [4.69, 9.17) is 0 Å². The molecule has 0 radical (unpaired) electrons. The van der Waals surface area contributed by atoms with Gasteiger partial charge in [0, 0.05) is 17.6 Å². The molecule has 0 saturated heterocycles. The lowest BCUT2D eigenvalue weighted by Crippen LogP contribution is -2.40. The van der Waals surface area contributed by atoms with Crippen LogP contribution in [0, 0.1) is 11.3 Å². The van der Waals surface area contributed by atoms with Crippen LogP contribution in [0.5, 0.6) is 0 Å². The smallest absolute Gasteiger partial charge is 0.236 e. The molecule has 1 aromatic heterocycles. The monoisotopic (exact) mass is 396 g/mol. The van der Waals surface area contributed by atoms with Crippen molar-refractivity contribution in [2.45, 2.75) is 16.9 Å². The lowest BCUT2D eigenvalue weighted by molar-refractivity contribution is 0.0964. The van der Waals surface area contributed by atoms with Gasteiger partial charge in [0.05, 0.1) is 29.1 Å². The number of Topliss-reactive ketones (excluding diaryl/α,β-unsaturated/α-hetero) is 1. The van der Waals surface area contributed by atoms with Gasteiger partial charge in [-0.2, -0.15) is 5.26 Å². The van der Waals surface area contributed by atoms with E-state index in [0.29, 0.717) is 22.2 Å². The van der Waals surface area contributed by atoms with Crippen LogP contribution in [0.4, 0.5) is 0 Å². The number of carbonyl (C=O) groups is 1. The molecular formula is C20H16N2O3S2. The van der Waals surface area contributed by atoms with Crippen LogP contribution in [0.15, 0.2) is 54.6 Å². The second kappa shape index (κ2) is 6.25. The van der Waals surface area contributed by atoms with E-state index in [1.807, 2.05) is 30.3 Å². The Labute approximate surface area is 161 Å². The highest BCUT2D eigenvalue weighted by molar-refractivity contribution is 8.01. The number of nitriles is 1. The van der Waals surface area contributed by atoms with Crippen molar-refractivity contribution in [1.82, 2.24) is 3.97 Å². The zero-order valence-electron chi connectivity index (χ0n) is 14.5. The highest BCUT2D eigenvalue weighted by Gasteiger charge is 2.47. The number of benzene rings is 2. The first-order valence-corrected chi connectivity index (χ1v) is 11.2. The molecule has 0 spiro atoms. The number of thioether (sulfide) groups is 1. The maximum Gasteiger partial charge on any atom is 0.236 e. The number of carbonyl (C=O) groups excluding carboxylic acids is 1. The summed E-state index contributed by atoms with van der Waals surface area (Å²) in [6.45, 7) is 0. The molecule has 1 atom stereocenters. The molecule has 0 fully saturated rings. The molecule has 5 nitrogen and oxygen atoms in total. The molecule has 1 aliphatic rings. The first-order valence-electron chi connectivity index (χ1n) is 8.34. The first-order chi connectivity index (χ1) is 12.9. The molecule has 4 rings (SSSR count). The third-order valence-electron chi connectivity index (χ3n) is 4.78. The molecule has 27 heavy (non-hydrogen) atoms. The highest BCUT2D eigenvalue weighted by Crippen LogP contribution is 2.44. The van der Waals surface area contributed by atoms with E-state index in [0.717, 1.165) is 11.8 Å². The second-order valence-electron chi connectivity index (χ2n) is 6.59. The standard InChI is InChI=1S/C20H16N2O3S2/c1-27(24,25)22-16-10-6-5-9-15(16)18-17(22)12-26-20(13-21,19(18)23)11-14-7-3-2-4-8-14/h2-10H,11-12H2,1H3/t20-/m0/s1. The fourth-order valence-corrected chi connectivity index (χ4v) is 6.00. The van der Waals surface area contributed by atoms with Crippen LogP contribution in [0.25, 0.3) is 10.9 Å². The van der Waals surface area contributed by atoms with Crippen LogP contribution < -0.4 is 0 Å². The van der Waals surface area contributed by atoms with Gasteiger partial charge < -0.3 is 0 Å². The van der Waals surface area contributed by atoms with E-state index >= 15 is 0 Å². The van der Waals surface area contributed by atoms with E-state index in [9.17, 15) is 18.5 Å². The zero-order valence-corrected chi connectivity index (χ0v) is 16.2. The number of ketones is 1. The normalized spacial score (nSPS) is 19.6. The molecule has 0 N–H and O–H groups in total. The number of aromatic nitrogens is 1. The Morgan fingerprint density at radius 1 is 1.15 bits per heavy atom. The van der Waals surface area contributed by atoms with E-state index < -0.39 is 14.8 Å². The molecule has 1 aliphatic heterocycles. The predicted octanol–water partition coefficient (Wildman–Crippen LogP) is 3.38. The molecule has 0 aliphatic carbocycles. The molecular weight excluding hydrogens is 380 g/mol. The third-order valence-corrected chi connectivity index (χ3v) is 7.20. The van der Waals surface area contributed by atoms with Gasteiger partial charge in [0.2, 0.25) is 10.0 Å². The maximum atomic E-state index is 13.5. The van der Waals surface area contributed by atoms with Crippen LogP contribution in [-0.4, -0.2) is 29.2 Å². The van der Waals surface area contributed by atoms with E-state index in [1.165, 1.54) is 15.7 Å². The van der Waals surface area contributed by atoms with Gasteiger partial charge in [0.1, 0.15) is 0 Å². The molecule has 2 aromatic carbocycles. The topological polar surface area (TPSA) is 79.9 Å². The molecule has 2 heterocycles. The molecule has 0 bridgehead atoms. The summed E-state index contributed by atoms with van der Waals surface area (Å²) in [5, 5.41) is 10.5. The average Bonchev–Trinajstić information content (AvgIpc) is 3.00. The molecule has 136 valence electrons. The molecule has 0 unspecified atom stereocenters. The first kappa shape index (κ1) is 17.8. The molecule has 7 heteroatoms. The van der Waals surface area contributed by atoms with Crippen LogP contribution in [-0.2, 0) is 22.2 Å². The summed E-state index contributed by atoms with van der Waals surface area (Å²) >= 11 is 1.21. The van der Waals surface area contributed by atoms with Gasteiger partial charge in [-0.15, -0.1) is 11.8 Å². The van der Waals surface area contributed by atoms with Crippen LogP contribution in [0.2, 0.25) is 0 Å². The largest absolute Gasteiger partial charge is 0.291 e. The number of rotatable bonds is 3. The zero-order chi connectivity index (χ0) is 19.2. The van der Waals surface area contributed by atoms with Crippen molar-refractivity contribution >= 4 is 38.5 Å². The number of nitrogens with zero attached hydrogens (tertiary/aromatic N) is 2. The molecule has 0 saturated carbocycles. The van der Waals surface area contributed by atoms with Crippen LogP contribution in [0.1, 0.15) is 21.6 Å². The van der Waals surface area contributed by atoms with Crippen molar-refractivity contribution in [3.63, 3.8) is 0 Å². The number of hydrogen-bond acceptors (Lipinski definition) is 5. The Kier molecular flexibility index (Phi) is 4.13. The number of fused-ring (bicyclic) bond motifs is 3. The Morgan fingerprint density at radius 2 is 1.81 bits per heavy atom. The summed E-state index contributed by atoms with van der Waals surface area (Å²) in [5.74, 6) is -0.0397. The van der Waals surface area contributed by atoms with Gasteiger partial charge in [-0.25, -0.2) is 12.4 Å². The fourth-order valence-electron chi connectivity index (χ4n) is 3.62. The minimum atomic E-state index is -3.59. The van der Waals surface area contributed by atoms with E-state index in [2.05, 4.69) is 6.07 Å². The SMILES string of the molecule is CS(=O)(=O)n1c2c(c3ccccc31)C(=O)[C@@](C#N)(Cc1ccccc1)SC2. The fraction of sp³-hybridized carbons (Fsp3) is 0.200. The average molecular weight is 396 g/mol. The summed E-state index contributed by atoms with van der Waals surface area (Å²) < 4.78 is 24.8. The van der Waals surface area contributed by atoms with Gasteiger partial charge in [-0.1, -0.05) is 48.5 Å². The van der Waals surface area contributed by atoms with Gasteiger partial charge >= 0.3 is 0 Å². The van der Waals surface area contributed by atoms with Crippen LogP contribution in [0.3, 0.4) is 0 Å². The van der Waals surface area contributed by atoms with Crippen molar-refractivity contribution in [1.29, 1.82) is 5.26 Å². The number of hydrogen-bond donors (Lipinski definition) is 0.